The van der Waals surface area contributed by atoms with Gasteiger partial charge in [0.2, 0.25) is 5.91 Å². The molecule has 1 saturated heterocycles. The minimum Gasteiger partial charge on any atom is -0.378 e. The number of carbonyl (C=O) groups excluding carboxylic acids is 1. The van der Waals surface area contributed by atoms with Crippen LogP contribution in [0.25, 0.3) is 0 Å². The lowest BCUT2D eigenvalue weighted by molar-refractivity contribution is -0.121. The lowest BCUT2D eigenvalue weighted by atomic mass is 9.78. The lowest BCUT2D eigenvalue weighted by Gasteiger charge is -2.32. The van der Waals surface area contributed by atoms with E-state index in [0.29, 0.717) is 18.2 Å². The fourth-order valence-corrected chi connectivity index (χ4v) is 4.49. The van der Waals surface area contributed by atoms with Gasteiger partial charge in [-0.25, -0.2) is 0 Å². The molecule has 27 heavy (non-hydrogen) atoms. The van der Waals surface area contributed by atoms with Crippen molar-refractivity contribution < 1.29 is 9.53 Å². The van der Waals surface area contributed by atoms with Crippen LogP contribution < -0.4 is 10.2 Å². The molecular formula is C22H25ClN2O2. The minimum absolute atomic E-state index is 0.0722. The van der Waals surface area contributed by atoms with E-state index in [1.807, 2.05) is 36.4 Å². The van der Waals surface area contributed by atoms with E-state index in [2.05, 4.69) is 22.3 Å². The highest BCUT2D eigenvalue weighted by atomic mass is 35.5. The lowest BCUT2D eigenvalue weighted by Crippen LogP contribution is -2.39. The summed E-state index contributed by atoms with van der Waals surface area (Å²) in [4.78, 5) is 15.7. The van der Waals surface area contributed by atoms with E-state index >= 15 is 0 Å². The zero-order valence-electron chi connectivity index (χ0n) is 15.4. The molecule has 0 unspecified atom stereocenters. The molecule has 0 spiro atoms. The summed E-state index contributed by atoms with van der Waals surface area (Å²) in [6.45, 7) is 3.02. The molecule has 2 aromatic carbocycles. The van der Waals surface area contributed by atoms with Gasteiger partial charge in [-0.05, 0) is 36.6 Å². The molecule has 2 fully saturated rings. The molecule has 142 valence electrons. The number of morpholine rings is 1. The summed E-state index contributed by atoms with van der Waals surface area (Å²) in [6.07, 6.45) is 3.93. The third-order valence-corrected chi connectivity index (χ3v) is 6.01. The highest BCUT2D eigenvalue weighted by molar-refractivity contribution is 6.31. The van der Waals surface area contributed by atoms with Crippen molar-refractivity contribution in [1.82, 2.24) is 0 Å². The molecule has 1 aliphatic carbocycles. The Morgan fingerprint density at radius 3 is 2.44 bits per heavy atom. The van der Waals surface area contributed by atoms with Crippen molar-refractivity contribution in [3.8, 4) is 0 Å². The highest BCUT2D eigenvalue weighted by Gasteiger charge is 2.42. The summed E-state index contributed by atoms with van der Waals surface area (Å²) in [5.41, 5.74) is 2.45. The van der Waals surface area contributed by atoms with E-state index in [-0.39, 0.29) is 5.91 Å². The summed E-state index contributed by atoms with van der Waals surface area (Å²) in [6, 6.07) is 15.9. The maximum absolute atomic E-state index is 13.5. The van der Waals surface area contributed by atoms with E-state index in [1.54, 1.807) is 0 Å². The molecule has 0 aromatic heterocycles. The van der Waals surface area contributed by atoms with Gasteiger partial charge in [-0.2, -0.15) is 0 Å². The zero-order chi connectivity index (χ0) is 18.7. The van der Waals surface area contributed by atoms with Gasteiger partial charge in [-0.3, -0.25) is 4.79 Å². The SMILES string of the molecule is O=C(Nc1cc(Cl)ccc1N1CCOCC1)C1(c2ccccc2)CCCC1. The minimum atomic E-state index is -0.453. The quantitative estimate of drug-likeness (QED) is 0.835. The van der Waals surface area contributed by atoms with Crippen molar-refractivity contribution >= 4 is 28.9 Å². The van der Waals surface area contributed by atoms with E-state index in [4.69, 9.17) is 16.3 Å². The van der Waals surface area contributed by atoms with Crippen LogP contribution in [0, 0.1) is 0 Å². The predicted octanol–water partition coefficient (Wildman–Crippen LogP) is 4.63. The van der Waals surface area contributed by atoms with E-state index in [9.17, 15) is 4.79 Å². The van der Waals surface area contributed by atoms with Crippen LogP contribution in [0.4, 0.5) is 11.4 Å². The smallest absolute Gasteiger partial charge is 0.235 e. The van der Waals surface area contributed by atoms with Gasteiger partial charge < -0.3 is 15.0 Å². The molecular weight excluding hydrogens is 360 g/mol. The standard InChI is InChI=1S/C22H25ClN2O2/c23-18-8-9-20(25-12-14-27-15-13-25)19(16-18)24-21(26)22(10-4-5-11-22)17-6-2-1-3-7-17/h1-3,6-9,16H,4-5,10-15H2,(H,24,26). The average molecular weight is 385 g/mol. The van der Waals surface area contributed by atoms with Gasteiger partial charge >= 0.3 is 0 Å². The third kappa shape index (κ3) is 3.69. The second-order valence-electron chi connectivity index (χ2n) is 7.37. The van der Waals surface area contributed by atoms with Crippen molar-refractivity contribution in [3.63, 3.8) is 0 Å². The molecule has 0 bridgehead atoms. The summed E-state index contributed by atoms with van der Waals surface area (Å²) < 4.78 is 5.47. The van der Waals surface area contributed by atoms with Crippen molar-refractivity contribution in [2.24, 2.45) is 0 Å². The van der Waals surface area contributed by atoms with Gasteiger partial charge in [-0.15, -0.1) is 0 Å². The van der Waals surface area contributed by atoms with Crippen molar-refractivity contribution in [2.75, 3.05) is 36.5 Å². The van der Waals surface area contributed by atoms with E-state index < -0.39 is 5.41 Å². The summed E-state index contributed by atoms with van der Waals surface area (Å²) in [7, 11) is 0. The first-order valence-corrected chi connectivity index (χ1v) is 10.1. The van der Waals surface area contributed by atoms with Crippen LogP contribution in [-0.2, 0) is 14.9 Å². The third-order valence-electron chi connectivity index (χ3n) is 5.78. The summed E-state index contributed by atoms with van der Waals surface area (Å²) >= 11 is 6.26. The monoisotopic (exact) mass is 384 g/mol. The Morgan fingerprint density at radius 2 is 1.74 bits per heavy atom. The number of nitrogens with one attached hydrogen (secondary N) is 1. The summed E-state index contributed by atoms with van der Waals surface area (Å²) in [5, 5.41) is 3.85. The van der Waals surface area contributed by atoms with Gasteiger partial charge in [0.05, 0.1) is 30.0 Å². The average Bonchev–Trinajstić information content (AvgIpc) is 3.21. The molecule has 1 saturated carbocycles. The zero-order valence-corrected chi connectivity index (χ0v) is 16.2. The Hall–Kier alpha value is -2.04. The molecule has 1 amide bonds. The van der Waals surface area contributed by atoms with Gasteiger partial charge in [0.1, 0.15) is 0 Å². The first kappa shape index (κ1) is 18.3. The van der Waals surface area contributed by atoms with Crippen molar-refractivity contribution in [2.45, 2.75) is 31.1 Å². The van der Waals surface area contributed by atoms with Crippen LogP contribution in [-0.4, -0.2) is 32.2 Å². The maximum Gasteiger partial charge on any atom is 0.235 e. The fourth-order valence-electron chi connectivity index (χ4n) is 4.31. The first-order valence-electron chi connectivity index (χ1n) is 9.68. The number of halogens is 1. The number of hydrogen-bond donors (Lipinski definition) is 1. The Morgan fingerprint density at radius 1 is 1.04 bits per heavy atom. The van der Waals surface area contributed by atoms with Crippen molar-refractivity contribution in [1.29, 1.82) is 0 Å². The molecule has 1 heterocycles. The molecule has 0 radical (unpaired) electrons. The molecule has 2 aliphatic rings. The number of carbonyl (C=O) groups is 1. The number of anilines is 2. The van der Waals surface area contributed by atoms with Crippen LogP contribution in [0.2, 0.25) is 5.02 Å². The van der Waals surface area contributed by atoms with Gasteiger partial charge in [0.25, 0.3) is 0 Å². The van der Waals surface area contributed by atoms with Gasteiger partial charge in [0, 0.05) is 18.1 Å². The first-order chi connectivity index (χ1) is 13.2. The molecule has 4 nitrogen and oxygen atoms in total. The summed E-state index contributed by atoms with van der Waals surface area (Å²) in [5.74, 6) is 0.0722. The Balaban J connectivity index is 1.65. The number of ether oxygens (including phenoxy) is 1. The topological polar surface area (TPSA) is 41.6 Å². The van der Waals surface area contributed by atoms with Crippen LogP contribution in [0.1, 0.15) is 31.2 Å². The number of nitrogens with zero attached hydrogens (tertiary/aromatic N) is 1. The van der Waals surface area contributed by atoms with Crippen LogP contribution in [0.3, 0.4) is 0 Å². The number of amides is 1. The Labute approximate surface area is 165 Å². The number of benzene rings is 2. The molecule has 0 atom stereocenters. The molecule has 1 N–H and O–H groups in total. The number of hydrogen-bond acceptors (Lipinski definition) is 3. The largest absolute Gasteiger partial charge is 0.378 e. The van der Waals surface area contributed by atoms with Crippen LogP contribution in [0.5, 0.6) is 0 Å². The molecule has 2 aromatic rings. The van der Waals surface area contributed by atoms with E-state index in [1.165, 1.54) is 0 Å². The second-order valence-corrected chi connectivity index (χ2v) is 7.81. The molecule has 1 aliphatic heterocycles. The predicted molar refractivity (Wildman–Crippen MR) is 110 cm³/mol. The second kappa shape index (κ2) is 7.91. The maximum atomic E-state index is 13.5. The Kier molecular flexibility index (Phi) is 5.37. The van der Waals surface area contributed by atoms with Crippen LogP contribution in [0.15, 0.2) is 48.5 Å². The number of rotatable bonds is 4. The fraction of sp³-hybridized carbons (Fsp3) is 0.409. The molecule has 5 heteroatoms. The van der Waals surface area contributed by atoms with Gasteiger partial charge in [-0.1, -0.05) is 54.8 Å². The molecule has 4 rings (SSSR count). The van der Waals surface area contributed by atoms with Gasteiger partial charge in [0.15, 0.2) is 0 Å². The Bertz CT molecular complexity index is 797. The van der Waals surface area contributed by atoms with E-state index in [0.717, 1.165) is 55.7 Å². The normalized spacial score (nSPS) is 19.1. The van der Waals surface area contributed by atoms with Crippen LogP contribution >= 0.6 is 11.6 Å². The van der Waals surface area contributed by atoms with Crippen molar-refractivity contribution in [3.05, 3.63) is 59.1 Å². The highest BCUT2D eigenvalue weighted by Crippen LogP contribution is 2.42.